The van der Waals surface area contributed by atoms with Gasteiger partial charge in [0, 0.05) is 38.8 Å². The molecule has 150 valence electrons. The standard InChI is InChI=1S/C19H29N3O4S/c1-15-14-21(12-9-20-15)19(23)17-13-16(7-8-18(17)26-2)27(24,25)22-10-5-3-4-6-11-22/h7-8,13,15,20H,3-6,9-12,14H2,1-2H3. The van der Waals surface area contributed by atoms with Gasteiger partial charge in [0.2, 0.25) is 10.0 Å². The van der Waals surface area contributed by atoms with Gasteiger partial charge in [-0.25, -0.2) is 8.42 Å². The van der Waals surface area contributed by atoms with Gasteiger partial charge in [-0.3, -0.25) is 4.79 Å². The maximum absolute atomic E-state index is 13.1. The molecule has 1 unspecified atom stereocenters. The van der Waals surface area contributed by atoms with Crippen molar-refractivity contribution in [1.82, 2.24) is 14.5 Å². The molecule has 3 rings (SSSR count). The third-order valence-electron chi connectivity index (χ3n) is 5.26. The minimum absolute atomic E-state index is 0.164. The number of benzene rings is 1. The zero-order valence-electron chi connectivity index (χ0n) is 16.1. The Hall–Kier alpha value is -1.64. The number of hydrogen-bond acceptors (Lipinski definition) is 5. The second-order valence-electron chi connectivity index (χ2n) is 7.29. The summed E-state index contributed by atoms with van der Waals surface area (Å²) >= 11 is 0. The molecule has 2 heterocycles. The van der Waals surface area contributed by atoms with Crippen molar-refractivity contribution < 1.29 is 17.9 Å². The topological polar surface area (TPSA) is 79.0 Å². The summed E-state index contributed by atoms with van der Waals surface area (Å²) in [5.74, 6) is 0.217. The lowest BCUT2D eigenvalue weighted by molar-refractivity contribution is 0.0705. The summed E-state index contributed by atoms with van der Waals surface area (Å²) in [4.78, 5) is 15.0. The van der Waals surface area contributed by atoms with E-state index in [1.165, 1.54) is 19.2 Å². The van der Waals surface area contributed by atoms with Gasteiger partial charge < -0.3 is 15.0 Å². The van der Waals surface area contributed by atoms with Crippen molar-refractivity contribution in [1.29, 1.82) is 0 Å². The fraction of sp³-hybridized carbons (Fsp3) is 0.632. The molecule has 1 N–H and O–H groups in total. The van der Waals surface area contributed by atoms with E-state index in [2.05, 4.69) is 5.32 Å². The fourth-order valence-corrected chi connectivity index (χ4v) is 5.28. The summed E-state index contributed by atoms with van der Waals surface area (Å²) < 4.78 is 33.1. The van der Waals surface area contributed by atoms with Gasteiger partial charge in [-0.2, -0.15) is 4.31 Å². The number of rotatable bonds is 4. The van der Waals surface area contributed by atoms with Crippen molar-refractivity contribution in [3.63, 3.8) is 0 Å². The Balaban J connectivity index is 1.91. The number of carbonyl (C=O) groups is 1. The van der Waals surface area contributed by atoms with Crippen LogP contribution >= 0.6 is 0 Å². The van der Waals surface area contributed by atoms with Crippen LogP contribution in [0.25, 0.3) is 0 Å². The number of methoxy groups -OCH3 is 1. The van der Waals surface area contributed by atoms with Crippen molar-refractivity contribution in [3.05, 3.63) is 23.8 Å². The first-order valence-corrected chi connectivity index (χ1v) is 11.1. The van der Waals surface area contributed by atoms with Crippen LogP contribution in [0.15, 0.2) is 23.1 Å². The third-order valence-corrected chi connectivity index (χ3v) is 7.15. The van der Waals surface area contributed by atoms with Crippen LogP contribution in [-0.4, -0.2) is 69.4 Å². The number of sulfonamides is 1. The van der Waals surface area contributed by atoms with Crippen LogP contribution in [0.4, 0.5) is 0 Å². The van der Waals surface area contributed by atoms with Gasteiger partial charge in [0.25, 0.3) is 5.91 Å². The second kappa shape index (κ2) is 8.58. The van der Waals surface area contributed by atoms with E-state index in [-0.39, 0.29) is 16.8 Å². The molecule has 0 saturated carbocycles. The number of ether oxygens (including phenoxy) is 1. The molecule has 2 aliphatic rings. The molecule has 1 amide bonds. The molecule has 2 fully saturated rings. The maximum Gasteiger partial charge on any atom is 0.257 e. The lowest BCUT2D eigenvalue weighted by Crippen LogP contribution is -2.51. The van der Waals surface area contributed by atoms with Gasteiger partial charge in [0.05, 0.1) is 17.6 Å². The zero-order valence-corrected chi connectivity index (χ0v) is 16.9. The van der Waals surface area contributed by atoms with Crippen LogP contribution in [0.5, 0.6) is 5.75 Å². The SMILES string of the molecule is COc1ccc(S(=O)(=O)N2CCCCCC2)cc1C(=O)N1CCNC(C)C1. The number of amides is 1. The van der Waals surface area contributed by atoms with E-state index in [0.29, 0.717) is 37.5 Å². The molecule has 0 aliphatic carbocycles. The Labute approximate surface area is 161 Å². The summed E-state index contributed by atoms with van der Waals surface area (Å²) in [6.07, 6.45) is 3.86. The van der Waals surface area contributed by atoms with E-state index < -0.39 is 10.0 Å². The van der Waals surface area contributed by atoms with Gasteiger partial charge in [-0.05, 0) is 38.0 Å². The first-order valence-electron chi connectivity index (χ1n) is 9.64. The van der Waals surface area contributed by atoms with Crippen molar-refractivity contribution in [2.24, 2.45) is 0 Å². The molecule has 1 atom stereocenters. The minimum Gasteiger partial charge on any atom is -0.496 e. The molecule has 1 aromatic carbocycles. The minimum atomic E-state index is -3.61. The normalized spacial score (nSPS) is 22.3. The highest BCUT2D eigenvalue weighted by Gasteiger charge is 2.29. The average molecular weight is 396 g/mol. The maximum atomic E-state index is 13.1. The predicted octanol–water partition coefficient (Wildman–Crippen LogP) is 1.69. The highest BCUT2D eigenvalue weighted by atomic mass is 32.2. The molecule has 1 aromatic rings. The quantitative estimate of drug-likeness (QED) is 0.839. The van der Waals surface area contributed by atoms with Gasteiger partial charge >= 0.3 is 0 Å². The summed E-state index contributed by atoms with van der Waals surface area (Å²) in [6.45, 7) is 5.00. The number of nitrogens with zero attached hydrogens (tertiary/aromatic N) is 2. The zero-order chi connectivity index (χ0) is 19.4. The highest BCUT2D eigenvalue weighted by Crippen LogP contribution is 2.27. The van der Waals surface area contributed by atoms with Crippen LogP contribution in [0.2, 0.25) is 0 Å². The molecule has 0 spiro atoms. The summed E-state index contributed by atoms with van der Waals surface area (Å²) in [6, 6.07) is 4.81. The van der Waals surface area contributed by atoms with Crippen molar-refractivity contribution in [2.45, 2.75) is 43.5 Å². The third kappa shape index (κ3) is 4.44. The second-order valence-corrected chi connectivity index (χ2v) is 9.22. The molecule has 0 radical (unpaired) electrons. The lowest BCUT2D eigenvalue weighted by atomic mass is 10.1. The van der Waals surface area contributed by atoms with Gasteiger partial charge in [-0.15, -0.1) is 0 Å². The molecule has 0 bridgehead atoms. The molecule has 0 aromatic heterocycles. The van der Waals surface area contributed by atoms with Crippen molar-refractivity contribution >= 4 is 15.9 Å². The lowest BCUT2D eigenvalue weighted by Gasteiger charge is -2.32. The largest absolute Gasteiger partial charge is 0.496 e. The van der Waals surface area contributed by atoms with E-state index in [1.54, 1.807) is 15.3 Å². The van der Waals surface area contributed by atoms with Crippen molar-refractivity contribution in [3.8, 4) is 5.75 Å². The predicted molar refractivity (Wildman–Crippen MR) is 104 cm³/mol. The van der Waals surface area contributed by atoms with Crippen LogP contribution in [0, 0.1) is 0 Å². The van der Waals surface area contributed by atoms with E-state index in [0.717, 1.165) is 32.2 Å². The Bertz CT molecular complexity index is 773. The Morgan fingerprint density at radius 1 is 1.15 bits per heavy atom. The van der Waals surface area contributed by atoms with Crippen LogP contribution in [-0.2, 0) is 10.0 Å². The number of hydrogen-bond donors (Lipinski definition) is 1. The van der Waals surface area contributed by atoms with Gasteiger partial charge in [0.1, 0.15) is 5.75 Å². The monoisotopic (exact) mass is 395 g/mol. The van der Waals surface area contributed by atoms with Gasteiger partial charge in [-0.1, -0.05) is 12.8 Å². The molecule has 2 saturated heterocycles. The Morgan fingerprint density at radius 2 is 1.85 bits per heavy atom. The number of carbonyl (C=O) groups excluding carboxylic acids is 1. The summed E-state index contributed by atoms with van der Waals surface area (Å²) in [7, 11) is -2.12. The first kappa shape index (κ1) is 20.1. The average Bonchev–Trinajstić information content (AvgIpc) is 2.97. The first-order chi connectivity index (χ1) is 12.9. The number of nitrogens with one attached hydrogen (secondary N) is 1. The van der Waals surface area contributed by atoms with Crippen LogP contribution < -0.4 is 10.1 Å². The van der Waals surface area contributed by atoms with E-state index in [9.17, 15) is 13.2 Å². The van der Waals surface area contributed by atoms with Gasteiger partial charge in [0.15, 0.2) is 0 Å². The highest BCUT2D eigenvalue weighted by molar-refractivity contribution is 7.89. The molecular formula is C19H29N3O4S. The smallest absolute Gasteiger partial charge is 0.257 e. The number of piperazine rings is 1. The molecule has 2 aliphatic heterocycles. The van der Waals surface area contributed by atoms with E-state index in [1.807, 2.05) is 6.92 Å². The van der Waals surface area contributed by atoms with Crippen LogP contribution in [0.3, 0.4) is 0 Å². The van der Waals surface area contributed by atoms with E-state index >= 15 is 0 Å². The fourth-order valence-electron chi connectivity index (χ4n) is 3.73. The van der Waals surface area contributed by atoms with Crippen LogP contribution in [0.1, 0.15) is 43.0 Å². The van der Waals surface area contributed by atoms with Crippen molar-refractivity contribution in [2.75, 3.05) is 39.8 Å². The summed E-state index contributed by atoms with van der Waals surface area (Å²) in [5, 5.41) is 3.30. The molecular weight excluding hydrogens is 366 g/mol. The molecule has 8 heteroatoms. The molecule has 7 nitrogen and oxygen atoms in total. The summed E-state index contributed by atoms with van der Waals surface area (Å²) in [5.41, 5.74) is 0.308. The Morgan fingerprint density at radius 3 is 2.48 bits per heavy atom. The van der Waals surface area contributed by atoms with E-state index in [4.69, 9.17) is 4.74 Å². The Kier molecular flexibility index (Phi) is 6.39. The molecule has 27 heavy (non-hydrogen) atoms.